The predicted octanol–water partition coefficient (Wildman–Crippen LogP) is 4.07. The van der Waals surface area contributed by atoms with E-state index in [9.17, 15) is 4.79 Å². The number of imidazole rings is 1. The van der Waals surface area contributed by atoms with E-state index in [4.69, 9.17) is 21.3 Å². The lowest BCUT2D eigenvalue weighted by Gasteiger charge is -2.28. The average molecular weight is 493 g/mol. The Bertz CT molecular complexity index is 1420. The summed E-state index contributed by atoms with van der Waals surface area (Å²) in [5, 5.41) is 5.07. The van der Waals surface area contributed by atoms with Gasteiger partial charge >= 0.3 is 0 Å². The molecule has 2 aromatic carbocycles. The van der Waals surface area contributed by atoms with Gasteiger partial charge in [0.1, 0.15) is 11.4 Å². The molecule has 2 aliphatic heterocycles. The number of anilines is 2. The number of morpholine rings is 1. The number of nitrogens with zero attached hydrogens (tertiary/aromatic N) is 3. The molecule has 35 heavy (non-hydrogen) atoms. The smallest absolute Gasteiger partial charge is 0.261 e. The van der Waals surface area contributed by atoms with E-state index in [1.165, 1.54) is 12.8 Å². The van der Waals surface area contributed by atoms with Crippen LogP contribution in [0.1, 0.15) is 12.8 Å². The third kappa shape index (κ3) is 4.49. The molecule has 0 unspecified atom stereocenters. The second-order valence-corrected chi connectivity index (χ2v) is 9.69. The van der Waals surface area contributed by atoms with Gasteiger partial charge in [-0.05, 0) is 62.3 Å². The van der Waals surface area contributed by atoms with Crippen LogP contribution in [0.25, 0.3) is 33.3 Å². The van der Waals surface area contributed by atoms with Crippen LogP contribution in [-0.2, 0) is 4.74 Å². The standard InChI is InChI=1S/C26H29ClN6O2/c27-17-3-5-19-21(15-17)31-26(34)23(24(19)28-7-10-32-8-1-2-9-32)25-29-20-6-4-18(16-22(20)30-25)33-11-13-35-14-12-33/h3-6,15-16H,1-2,7-14H2,(H,29,30)(H2,28,31,34). The minimum atomic E-state index is -0.198. The minimum Gasteiger partial charge on any atom is -0.382 e. The molecule has 2 saturated heterocycles. The highest BCUT2D eigenvalue weighted by Gasteiger charge is 2.20. The molecule has 4 aromatic rings. The lowest BCUT2D eigenvalue weighted by molar-refractivity contribution is 0.122. The Morgan fingerprint density at radius 1 is 1.00 bits per heavy atom. The second-order valence-electron chi connectivity index (χ2n) is 9.26. The number of rotatable bonds is 6. The van der Waals surface area contributed by atoms with Crippen molar-refractivity contribution < 1.29 is 4.74 Å². The van der Waals surface area contributed by atoms with Crippen LogP contribution < -0.4 is 15.8 Å². The van der Waals surface area contributed by atoms with Crippen molar-refractivity contribution in [2.24, 2.45) is 0 Å². The number of fused-ring (bicyclic) bond motifs is 2. The van der Waals surface area contributed by atoms with Crippen molar-refractivity contribution >= 4 is 44.9 Å². The number of ether oxygens (including phenoxy) is 1. The number of benzene rings is 2. The van der Waals surface area contributed by atoms with Crippen LogP contribution in [0.3, 0.4) is 0 Å². The van der Waals surface area contributed by atoms with Gasteiger partial charge in [-0.25, -0.2) is 4.98 Å². The van der Waals surface area contributed by atoms with Crippen molar-refractivity contribution in [2.75, 3.05) is 62.7 Å². The number of halogens is 1. The number of nitrogens with one attached hydrogen (secondary N) is 3. The highest BCUT2D eigenvalue weighted by molar-refractivity contribution is 6.31. The maximum absolute atomic E-state index is 13.3. The maximum atomic E-state index is 13.3. The lowest BCUT2D eigenvalue weighted by Crippen LogP contribution is -2.36. The molecule has 9 heteroatoms. The van der Waals surface area contributed by atoms with Crippen molar-refractivity contribution in [1.29, 1.82) is 0 Å². The van der Waals surface area contributed by atoms with Crippen LogP contribution in [0.15, 0.2) is 41.2 Å². The Kier molecular flexibility index (Phi) is 6.10. The monoisotopic (exact) mass is 492 g/mol. The number of pyridine rings is 1. The van der Waals surface area contributed by atoms with E-state index in [0.29, 0.717) is 21.9 Å². The third-order valence-electron chi connectivity index (χ3n) is 6.98. The molecule has 2 aromatic heterocycles. The van der Waals surface area contributed by atoms with Crippen molar-refractivity contribution in [1.82, 2.24) is 19.9 Å². The zero-order valence-corrected chi connectivity index (χ0v) is 20.3. The predicted molar refractivity (Wildman–Crippen MR) is 142 cm³/mol. The Morgan fingerprint density at radius 2 is 1.83 bits per heavy atom. The molecule has 4 heterocycles. The molecule has 0 bridgehead atoms. The summed E-state index contributed by atoms with van der Waals surface area (Å²) >= 11 is 6.22. The highest BCUT2D eigenvalue weighted by Crippen LogP contribution is 2.32. The Balaban J connectivity index is 1.40. The molecule has 0 spiro atoms. The molecule has 2 aliphatic rings. The molecule has 0 atom stereocenters. The van der Waals surface area contributed by atoms with E-state index < -0.39 is 0 Å². The molecular weight excluding hydrogens is 464 g/mol. The quantitative estimate of drug-likeness (QED) is 0.376. The first-order valence-electron chi connectivity index (χ1n) is 12.3. The van der Waals surface area contributed by atoms with Crippen LogP contribution in [0.2, 0.25) is 5.02 Å². The number of aromatic amines is 2. The largest absolute Gasteiger partial charge is 0.382 e. The van der Waals surface area contributed by atoms with Gasteiger partial charge in [0.05, 0.1) is 35.5 Å². The SMILES string of the molecule is O=c1[nH]c2cc(Cl)ccc2c(NCCN2CCCC2)c1-c1nc2ccc(N3CCOCC3)cc2[nH]1. The number of likely N-dealkylation sites (tertiary alicyclic amines) is 1. The topological polar surface area (TPSA) is 89.3 Å². The molecular formula is C26H29ClN6O2. The Hall–Kier alpha value is -3.07. The van der Waals surface area contributed by atoms with Crippen LogP contribution in [-0.4, -0.2) is 72.3 Å². The van der Waals surface area contributed by atoms with Crippen molar-refractivity contribution in [2.45, 2.75) is 12.8 Å². The van der Waals surface area contributed by atoms with Gasteiger partial charge in [-0.15, -0.1) is 0 Å². The number of hydrogen-bond donors (Lipinski definition) is 3. The van der Waals surface area contributed by atoms with Crippen LogP contribution in [0.5, 0.6) is 0 Å². The fourth-order valence-electron chi connectivity index (χ4n) is 5.16. The van der Waals surface area contributed by atoms with E-state index in [2.05, 4.69) is 37.2 Å². The molecule has 0 amide bonds. The highest BCUT2D eigenvalue weighted by atomic mass is 35.5. The minimum absolute atomic E-state index is 0.198. The first-order chi connectivity index (χ1) is 17.2. The van der Waals surface area contributed by atoms with Gasteiger partial charge in [-0.2, -0.15) is 0 Å². The molecule has 6 rings (SSSR count). The van der Waals surface area contributed by atoms with Gasteiger partial charge in [-0.3, -0.25) is 4.79 Å². The first-order valence-corrected chi connectivity index (χ1v) is 12.7. The summed E-state index contributed by atoms with van der Waals surface area (Å²) in [6.45, 7) is 7.14. The van der Waals surface area contributed by atoms with Gasteiger partial charge in [-0.1, -0.05) is 11.6 Å². The second kappa shape index (κ2) is 9.53. The number of H-pyrrole nitrogens is 2. The summed E-state index contributed by atoms with van der Waals surface area (Å²) < 4.78 is 5.49. The summed E-state index contributed by atoms with van der Waals surface area (Å²) in [6.07, 6.45) is 2.51. The summed E-state index contributed by atoms with van der Waals surface area (Å²) in [6, 6.07) is 11.8. The summed E-state index contributed by atoms with van der Waals surface area (Å²) in [5.74, 6) is 0.556. The molecule has 0 aliphatic carbocycles. The Morgan fingerprint density at radius 3 is 2.66 bits per heavy atom. The molecule has 3 N–H and O–H groups in total. The Labute approximate surface area is 208 Å². The molecule has 2 fully saturated rings. The fraction of sp³-hybridized carbons (Fsp3) is 0.385. The molecule has 0 saturated carbocycles. The summed E-state index contributed by atoms with van der Waals surface area (Å²) in [4.78, 5) is 29.3. The maximum Gasteiger partial charge on any atom is 0.261 e. The van der Waals surface area contributed by atoms with E-state index in [1.54, 1.807) is 6.07 Å². The van der Waals surface area contributed by atoms with Gasteiger partial charge in [0, 0.05) is 42.3 Å². The number of aromatic nitrogens is 3. The van der Waals surface area contributed by atoms with E-state index >= 15 is 0 Å². The van der Waals surface area contributed by atoms with Crippen molar-refractivity contribution in [3.8, 4) is 11.4 Å². The van der Waals surface area contributed by atoms with E-state index in [1.807, 2.05) is 18.2 Å². The van der Waals surface area contributed by atoms with Gasteiger partial charge in [0.25, 0.3) is 5.56 Å². The fourth-order valence-corrected chi connectivity index (χ4v) is 5.33. The third-order valence-corrected chi connectivity index (χ3v) is 7.22. The zero-order chi connectivity index (χ0) is 23.8. The first kappa shape index (κ1) is 22.4. The van der Waals surface area contributed by atoms with Crippen LogP contribution >= 0.6 is 11.6 Å². The van der Waals surface area contributed by atoms with E-state index in [-0.39, 0.29) is 5.56 Å². The zero-order valence-electron chi connectivity index (χ0n) is 19.6. The van der Waals surface area contributed by atoms with Crippen molar-refractivity contribution in [3.05, 3.63) is 51.8 Å². The van der Waals surface area contributed by atoms with Crippen LogP contribution in [0.4, 0.5) is 11.4 Å². The van der Waals surface area contributed by atoms with Crippen LogP contribution in [0, 0.1) is 0 Å². The van der Waals surface area contributed by atoms with Gasteiger partial charge < -0.3 is 29.8 Å². The van der Waals surface area contributed by atoms with Gasteiger partial charge in [0.2, 0.25) is 0 Å². The average Bonchev–Trinajstić information content (AvgIpc) is 3.53. The van der Waals surface area contributed by atoms with E-state index in [0.717, 1.165) is 80.3 Å². The molecule has 182 valence electrons. The number of hydrogen-bond acceptors (Lipinski definition) is 6. The normalized spacial score (nSPS) is 17.0. The van der Waals surface area contributed by atoms with Gasteiger partial charge in [0.15, 0.2) is 0 Å². The molecule has 0 radical (unpaired) electrons. The summed E-state index contributed by atoms with van der Waals surface area (Å²) in [5.41, 5.74) is 4.68. The van der Waals surface area contributed by atoms with Crippen molar-refractivity contribution in [3.63, 3.8) is 0 Å². The lowest BCUT2D eigenvalue weighted by atomic mass is 10.1. The summed E-state index contributed by atoms with van der Waals surface area (Å²) in [7, 11) is 0. The molecule has 8 nitrogen and oxygen atoms in total.